The number of aromatic nitrogens is 2. The summed E-state index contributed by atoms with van der Waals surface area (Å²) in [6, 6.07) is 13.9. The SMILES string of the molecule is COc1cc(/C=C/C(=O)Nc2cnc(N3CCN(c4ccccc4)CC3)nc2)cc(OC)c1OC. The molecule has 0 atom stereocenters. The van der Waals surface area contributed by atoms with Gasteiger partial charge in [-0.1, -0.05) is 18.2 Å². The van der Waals surface area contributed by atoms with Gasteiger partial charge in [-0.25, -0.2) is 9.97 Å². The Kier molecular flexibility index (Phi) is 7.67. The summed E-state index contributed by atoms with van der Waals surface area (Å²) in [6.45, 7) is 3.46. The van der Waals surface area contributed by atoms with Crippen molar-refractivity contribution < 1.29 is 19.0 Å². The van der Waals surface area contributed by atoms with Crippen LogP contribution in [0.5, 0.6) is 17.2 Å². The van der Waals surface area contributed by atoms with Gasteiger partial charge in [0.1, 0.15) is 0 Å². The fraction of sp³-hybridized carbons (Fsp3) is 0.269. The molecule has 35 heavy (non-hydrogen) atoms. The van der Waals surface area contributed by atoms with Crippen molar-refractivity contribution in [2.24, 2.45) is 0 Å². The van der Waals surface area contributed by atoms with Crippen LogP contribution in [0.25, 0.3) is 6.08 Å². The molecule has 1 aliphatic heterocycles. The van der Waals surface area contributed by atoms with E-state index >= 15 is 0 Å². The van der Waals surface area contributed by atoms with Gasteiger partial charge in [0.05, 0.1) is 39.4 Å². The first kappa shape index (κ1) is 23.9. The summed E-state index contributed by atoms with van der Waals surface area (Å²) in [6.07, 6.45) is 6.34. The van der Waals surface area contributed by atoms with Crippen LogP contribution in [0.3, 0.4) is 0 Å². The van der Waals surface area contributed by atoms with Crippen molar-refractivity contribution >= 4 is 29.3 Å². The molecule has 0 aliphatic carbocycles. The molecule has 1 N–H and O–H groups in total. The molecular formula is C26H29N5O4. The van der Waals surface area contributed by atoms with Gasteiger partial charge < -0.3 is 29.3 Å². The minimum atomic E-state index is -0.299. The van der Waals surface area contributed by atoms with Crippen molar-refractivity contribution in [2.45, 2.75) is 0 Å². The summed E-state index contributed by atoms with van der Waals surface area (Å²) in [5, 5.41) is 2.79. The van der Waals surface area contributed by atoms with Crippen LogP contribution in [0.4, 0.5) is 17.3 Å². The third-order valence-corrected chi connectivity index (χ3v) is 5.70. The van der Waals surface area contributed by atoms with Crippen molar-refractivity contribution in [3.63, 3.8) is 0 Å². The van der Waals surface area contributed by atoms with Crippen molar-refractivity contribution in [2.75, 3.05) is 62.6 Å². The van der Waals surface area contributed by atoms with E-state index in [-0.39, 0.29) is 5.91 Å². The first-order valence-electron chi connectivity index (χ1n) is 11.3. The predicted molar refractivity (Wildman–Crippen MR) is 137 cm³/mol. The van der Waals surface area contributed by atoms with Gasteiger partial charge in [0, 0.05) is 37.9 Å². The first-order chi connectivity index (χ1) is 17.1. The molecule has 0 saturated carbocycles. The molecule has 1 amide bonds. The van der Waals surface area contributed by atoms with E-state index in [1.165, 1.54) is 11.8 Å². The summed E-state index contributed by atoms with van der Waals surface area (Å²) in [5.74, 6) is 1.88. The highest BCUT2D eigenvalue weighted by molar-refractivity contribution is 6.01. The Balaban J connectivity index is 1.33. The number of carbonyl (C=O) groups excluding carboxylic acids is 1. The van der Waals surface area contributed by atoms with Crippen LogP contribution in [0.2, 0.25) is 0 Å². The van der Waals surface area contributed by atoms with Gasteiger partial charge in [0.25, 0.3) is 0 Å². The zero-order chi connectivity index (χ0) is 24.6. The number of nitrogens with zero attached hydrogens (tertiary/aromatic N) is 4. The van der Waals surface area contributed by atoms with E-state index in [2.05, 4.69) is 49.4 Å². The number of rotatable bonds is 8. The molecule has 3 aromatic rings. The molecule has 0 unspecified atom stereocenters. The smallest absolute Gasteiger partial charge is 0.248 e. The Hall–Kier alpha value is -4.27. The number of methoxy groups -OCH3 is 3. The molecule has 4 rings (SSSR count). The fourth-order valence-corrected chi connectivity index (χ4v) is 3.91. The molecule has 1 saturated heterocycles. The number of carbonyl (C=O) groups is 1. The Morgan fingerprint density at radius 3 is 2.06 bits per heavy atom. The summed E-state index contributed by atoms with van der Waals surface area (Å²) in [7, 11) is 4.63. The average Bonchev–Trinajstić information content (AvgIpc) is 2.92. The fourth-order valence-electron chi connectivity index (χ4n) is 3.91. The standard InChI is InChI=1S/C26H29N5O4/c1-33-22-15-19(16-23(34-2)25(22)35-3)9-10-24(32)29-20-17-27-26(28-18-20)31-13-11-30(12-14-31)21-7-5-4-6-8-21/h4-10,15-18H,11-14H2,1-3H3,(H,29,32)/b10-9+. The normalized spacial score (nSPS) is 13.6. The molecule has 0 radical (unpaired) electrons. The highest BCUT2D eigenvalue weighted by atomic mass is 16.5. The van der Waals surface area contributed by atoms with Gasteiger partial charge in [-0.15, -0.1) is 0 Å². The van der Waals surface area contributed by atoms with Gasteiger partial charge in [-0.3, -0.25) is 4.79 Å². The molecule has 1 aromatic heterocycles. The minimum absolute atomic E-state index is 0.299. The lowest BCUT2D eigenvalue weighted by molar-refractivity contribution is -0.111. The zero-order valence-corrected chi connectivity index (χ0v) is 20.1. The van der Waals surface area contributed by atoms with Crippen LogP contribution in [-0.4, -0.2) is 63.4 Å². The Morgan fingerprint density at radius 1 is 0.886 bits per heavy atom. The number of hydrogen-bond acceptors (Lipinski definition) is 8. The second-order valence-electron chi connectivity index (χ2n) is 7.86. The number of ether oxygens (including phenoxy) is 3. The van der Waals surface area contributed by atoms with E-state index in [0.717, 1.165) is 31.7 Å². The van der Waals surface area contributed by atoms with Crippen LogP contribution < -0.4 is 29.3 Å². The van der Waals surface area contributed by atoms with E-state index < -0.39 is 0 Å². The third-order valence-electron chi connectivity index (χ3n) is 5.70. The van der Waals surface area contributed by atoms with Crippen LogP contribution in [0.15, 0.2) is 60.9 Å². The molecule has 2 heterocycles. The van der Waals surface area contributed by atoms with Gasteiger partial charge >= 0.3 is 0 Å². The largest absolute Gasteiger partial charge is 0.493 e. The lowest BCUT2D eigenvalue weighted by Crippen LogP contribution is -2.47. The van der Waals surface area contributed by atoms with E-state index in [1.54, 1.807) is 51.9 Å². The maximum atomic E-state index is 12.4. The number of anilines is 3. The summed E-state index contributed by atoms with van der Waals surface area (Å²) >= 11 is 0. The molecule has 182 valence electrons. The Bertz CT molecular complexity index is 1140. The lowest BCUT2D eigenvalue weighted by Gasteiger charge is -2.36. The van der Waals surface area contributed by atoms with Crippen LogP contribution in [0, 0.1) is 0 Å². The number of hydrogen-bond donors (Lipinski definition) is 1. The molecule has 2 aromatic carbocycles. The maximum absolute atomic E-state index is 12.4. The van der Waals surface area contributed by atoms with Gasteiger partial charge in [-0.05, 0) is 35.9 Å². The minimum Gasteiger partial charge on any atom is -0.493 e. The number of para-hydroxylation sites is 1. The van der Waals surface area contributed by atoms with Gasteiger partial charge in [0.2, 0.25) is 17.6 Å². The Labute approximate surface area is 205 Å². The number of amides is 1. The van der Waals surface area contributed by atoms with Crippen molar-refractivity contribution in [1.29, 1.82) is 0 Å². The Morgan fingerprint density at radius 2 is 1.49 bits per heavy atom. The van der Waals surface area contributed by atoms with E-state index in [9.17, 15) is 4.79 Å². The van der Waals surface area contributed by atoms with E-state index in [1.807, 2.05) is 6.07 Å². The second kappa shape index (κ2) is 11.2. The summed E-state index contributed by atoms with van der Waals surface area (Å²) in [5.41, 5.74) is 2.48. The molecule has 0 bridgehead atoms. The van der Waals surface area contributed by atoms with Crippen LogP contribution in [-0.2, 0) is 4.79 Å². The van der Waals surface area contributed by atoms with Crippen molar-refractivity contribution in [3.8, 4) is 17.2 Å². The van der Waals surface area contributed by atoms with Crippen molar-refractivity contribution in [3.05, 3.63) is 66.5 Å². The van der Waals surface area contributed by atoms with Crippen LogP contribution in [0.1, 0.15) is 5.56 Å². The topological polar surface area (TPSA) is 89.1 Å². The summed E-state index contributed by atoms with van der Waals surface area (Å²) in [4.78, 5) is 25.8. The lowest BCUT2D eigenvalue weighted by atomic mass is 10.1. The highest BCUT2D eigenvalue weighted by Crippen LogP contribution is 2.38. The van der Waals surface area contributed by atoms with E-state index in [4.69, 9.17) is 14.2 Å². The third kappa shape index (κ3) is 5.81. The number of piperazine rings is 1. The predicted octanol–water partition coefficient (Wildman–Crippen LogP) is 3.48. The van der Waals surface area contributed by atoms with Crippen molar-refractivity contribution in [1.82, 2.24) is 9.97 Å². The molecule has 0 spiro atoms. The molecular weight excluding hydrogens is 446 g/mol. The monoisotopic (exact) mass is 475 g/mol. The second-order valence-corrected chi connectivity index (χ2v) is 7.86. The highest BCUT2D eigenvalue weighted by Gasteiger charge is 2.19. The zero-order valence-electron chi connectivity index (χ0n) is 20.1. The molecule has 9 heteroatoms. The first-order valence-corrected chi connectivity index (χ1v) is 11.3. The van der Waals surface area contributed by atoms with Gasteiger partial charge in [0.15, 0.2) is 11.5 Å². The van der Waals surface area contributed by atoms with Crippen LogP contribution >= 0.6 is 0 Å². The number of nitrogens with one attached hydrogen (secondary N) is 1. The number of benzene rings is 2. The quantitative estimate of drug-likeness (QED) is 0.496. The van der Waals surface area contributed by atoms with E-state index in [0.29, 0.717) is 28.9 Å². The summed E-state index contributed by atoms with van der Waals surface area (Å²) < 4.78 is 16.0. The maximum Gasteiger partial charge on any atom is 0.248 e. The van der Waals surface area contributed by atoms with Gasteiger partial charge in [-0.2, -0.15) is 0 Å². The average molecular weight is 476 g/mol. The molecule has 1 fully saturated rings. The molecule has 1 aliphatic rings. The molecule has 9 nitrogen and oxygen atoms in total.